The van der Waals surface area contributed by atoms with Gasteiger partial charge in [-0.05, 0) is 12.6 Å². The van der Waals surface area contributed by atoms with Gasteiger partial charge >= 0.3 is 0 Å². The van der Waals surface area contributed by atoms with Crippen LogP contribution in [0.15, 0.2) is 24.5 Å². The minimum Gasteiger partial charge on any atom is -0.330 e. The van der Waals surface area contributed by atoms with Crippen LogP contribution < -0.4 is 5.73 Å². The Hall–Kier alpha value is -1.95. The van der Waals surface area contributed by atoms with Gasteiger partial charge in [0.05, 0.1) is 16.8 Å². The zero-order chi connectivity index (χ0) is 10.8. The van der Waals surface area contributed by atoms with Crippen molar-refractivity contribution in [2.45, 2.75) is 6.42 Å². The molecular formula is C9H10N4O2. The Morgan fingerprint density at radius 1 is 1.47 bits per heavy atom. The molecule has 0 fully saturated rings. The molecule has 78 valence electrons. The minimum atomic E-state index is -0.429. The fourth-order valence-corrected chi connectivity index (χ4v) is 1.41. The number of nitrogens with two attached hydrogens (primary N) is 1. The van der Waals surface area contributed by atoms with Crippen molar-refractivity contribution < 1.29 is 4.92 Å². The van der Waals surface area contributed by atoms with Crippen molar-refractivity contribution in [2.24, 2.45) is 5.73 Å². The fourth-order valence-electron chi connectivity index (χ4n) is 1.41. The molecule has 2 aromatic heterocycles. The van der Waals surface area contributed by atoms with Crippen LogP contribution in [0.4, 0.5) is 5.69 Å². The molecule has 0 aliphatic rings. The molecule has 2 N–H and O–H groups in total. The van der Waals surface area contributed by atoms with E-state index in [-0.39, 0.29) is 5.69 Å². The summed E-state index contributed by atoms with van der Waals surface area (Å²) >= 11 is 0. The maximum atomic E-state index is 10.5. The summed E-state index contributed by atoms with van der Waals surface area (Å²) < 4.78 is 1.64. The lowest BCUT2D eigenvalue weighted by Crippen LogP contribution is -2.02. The normalized spacial score (nSPS) is 10.7. The monoisotopic (exact) mass is 206 g/mol. The number of hydrogen-bond donors (Lipinski definition) is 1. The minimum absolute atomic E-state index is 0.0548. The second-order valence-electron chi connectivity index (χ2n) is 3.18. The van der Waals surface area contributed by atoms with E-state index in [0.29, 0.717) is 18.6 Å². The average molecular weight is 206 g/mol. The molecule has 0 bridgehead atoms. The molecule has 15 heavy (non-hydrogen) atoms. The highest BCUT2D eigenvalue weighted by atomic mass is 16.6. The summed E-state index contributed by atoms with van der Waals surface area (Å²) in [5.41, 5.74) is 7.00. The van der Waals surface area contributed by atoms with Crippen molar-refractivity contribution >= 4 is 11.3 Å². The Bertz CT molecular complexity index is 506. The van der Waals surface area contributed by atoms with Crippen molar-refractivity contribution in [1.82, 2.24) is 9.38 Å². The molecule has 0 saturated heterocycles. The van der Waals surface area contributed by atoms with Crippen LogP contribution in [-0.2, 0) is 6.42 Å². The third-order valence-electron chi connectivity index (χ3n) is 2.10. The first-order chi connectivity index (χ1) is 7.20. The van der Waals surface area contributed by atoms with E-state index in [0.717, 1.165) is 5.69 Å². The third-order valence-corrected chi connectivity index (χ3v) is 2.10. The lowest BCUT2D eigenvalue weighted by molar-refractivity contribution is -0.385. The van der Waals surface area contributed by atoms with E-state index >= 15 is 0 Å². The number of aromatic nitrogens is 2. The zero-order valence-corrected chi connectivity index (χ0v) is 7.96. The second kappa shape index (κ2) is 3.66. The average Bonchev–Trinajstić information content (AvgIpc) is 2.59. The molecule has 2 heterocycles. The molecule has 0 spiro atoms. The molecule has 0 aromatic carbocycles. The van der Waals surface area contributed by atoms with Crippen molar-refractivity contribution in [3.05, 3.63) is 40.3 Å². The number of rotatable bonds is 3. The van der Waals surface area contributed by atoms with Crippen LogP contribution in [0.2, 0.25) is 0 Å². The van der Waals surface area contributed by atoms with Crippen LogP contribution in [0.1, 0.15) is 5.69 Å². The topological polar surface area (TPSA) is 86.5 Å². The molecule has 0 amide bonds. The van der Waals surface area contributed by atoms with Gasteiger partial charge in [0.1, 0.15) is 5.65 Å². The van der Waals surface area contributed by atoms with Gasteiger partial charge < -0.3 is 5.73 Å². The van der Waals surface area contributed by atoms with Crippen LogP contribution in [0, 0.1) is 10.1 Å². The van der Waals surface area contributed by atoms with Gasteiger partial charge in [-0.25, -0.2) is 4.98 Å². The zero-order valence-electron chi connectivity index (χ0n) is 7.96. The third kappa shape index (κ3) is 1.79. The van der Waals surface area contributed by atoms with Gasteiger partial charge in [0.15, 0.2) is 0 Å². The van der Waals surface area contributed by atoms with Crippen LogP contribution in [0.3, 0.4) is 0 Å². The quantitative estimate of drug-likeness (QED) is 0.592. The second-order valence-corrected chi connectivity index (χ2v) is 3.18. The number of pyridine rings is 1. The summed E-state index contributed by atoms with van der Waals surface area (Å²) in [6.45, 7) is 0.520. The molecule has 0 atom stereocenters. The Balaban J connectivity index is 2.47. The first-order valence-corrected chi connectivity index (χ1v) is 4.53. The van der Waals surface area contributed by atoms with Gasteiger partial charge in [-0.15, -0.1) is 0 Å². The highest BCUT2D eigenvalue weighted by Gasteiger charge is 2.07. The van der Waals surface area contributed by atoms with Gasteiger partial charge in [0.2, 0.25) is 0 Å². The first kappa shape index (κ1) is 9.60. The van der Waals surface area contributed by atoms with E-state index in [1.54, 1.807) is 16.7 Å². The summed E-state index contributed by atoms with van der Waals surface area (Å²) in [6, 6.07) is 3.06. The largest absolute Gasteiger partial charge is 0.330 e. The Morgan fingerprint density at radius 3 is 2.93 bits per heavy atom. The first-order valence-electron chi connectivity index (χ1n) is 4.53. The smallest absolute Gasteiger partial charge is 0.286 e. The van der Waals surface area contributed by atoms with Gasteiger partial charge in [-0.1, -0.05) is 0 Å². The molecule has 0 radical (unpaired) electrons. The van der Waals surface area contributed by atoms with E-state index in [9.17, 15) is 10.1 Å². The van der Waals surface area contributed by atoms with Gasteiger partial charge in [-0.2, -0.15) is 0 Å². The molecule has 6 heteroatoms. The molecular weight excluding hydrogens is 196 g/mol. The Labute approximate surface area is 85.5 Å². The van der Waals surface area contributed by atoms with Crippen LogP contribution >= 0.6 is 0 Å². The van der Waals surface area contributed by atoms with Crippen molar-refractivity contribution in [3.63, 3.8) is 0 Å². The highest BCUT2D eigenvalue weighted by Crippen LogP contribution is 2.13. The van der Waals surface area contributed by atoms with Crippen LogP contribution in [0.25, 0.3) is 5.65 Å². The molecule has 2 aromatic rings. The summed E-state index contributed by atoms with van der Waals surface area (Å²) in [5.74, 6) is 0. The van der Waals surface area contributed by atoms with E-state index in [1.165, 1.54) is 12.3 Å². The highest BCUT2D eigenvalue weighted by molar-refractivity contribution is 5.45. The summed E-state index contributed by atoms with van der Waals surface area (Å²) in [5, 5.41) is 10.5. The lowest BCUT2D eigenvalue weighted by Gasteiger charge is -1.92. The molecule has 0 saturated carbocycles. The Morgan fingerprint density at radius 2 is 2.27 bits per heavy atom. The molecule has 0 aliphatic heterocycles. The van der Waals surface area contributed by atoms with E-state index in [1.807, 2.05) is 0 Å². The predicted octanol–water partition coefficient (Wildman–Crippen LogP) is 0.744. The number of fused-ring (bicyclic) bond motifs is 1. The maximum Gasteiger partial charge on any atom is 0.286 e. The van der Waals surface area contributed by atoms with Crippen molar-refractivity contribution in [3.8, 4) is 0 Å². The van der Waals surface area contributed by atoms with Crippen LogP contribution in [0.5, 0.6) is 0 Å². The SMILES string of the molecule is NCCc1cn2cc([N+](=O)[O-])ccc2n1. The van der Waals surface area contributed by atoms with Gasteiger partial charge in [0, 0.05) is 18.7 Å². The van der Waals surface area contributed by atoms with Crippen molar-refractivity contribution in [1.29, 1.82) is 0 Å². The fraction of sp³-hybridized carbons (Fsp3) is 0.222. The van der Waals surface area contributed by atoms with E-state index in [2.05, 4.69) is 4.98 Å². The van der Waals surface area contributed by atoms with Gasteiger partial charge in [-0.3, -0.25) is 14.5 Å². The number of imidazole rings is 1. The maximum absolute atomic E-state index is 10.5. The predicted molar refractivity (Wildman–Crippen MR) is 54.6 cm³/mol. The summed E-state index contributed by atoms with van der Waals surface area (Å²) in [4.78, 5) is 14.4. The Kier molecular flexibility index (Phi) is 2.34. The van der Waals surface area contributed by atoms with Crippen molar-refractivity contribution in [2.75, 3.05) is 6.54 Å². The number of nitro groups is 1. The van der Waals surface area contributed by atoms with E-state index < -0.39 is 4.92 Å². The van der Waals surface area contributed by atoms with E-state index in [4.69, 9.17) is 5.73 Å². The molecule has 6 nitrogen and oxygen atoms in total. The standard InChI is InChI=1S/C9H10N4O2/c10-4-3-7-5-12-6-8(13(14)15)1-2-9(12)11-7/h1-2,5-6H,3-4,10H2. The number of nitrogens with zero attached hydrogens (tertiary/aromatic N) is 3. The lowest BCUT2D eigenvalue weighted by atomic mass is 10.3. The number of hydrogen-bond acceptors (Lipinski definition) is 4. The van der Waals surface area contributed by atoms with Gasteiger partial charge in [0.25, 0.3) is 5.69 Å². The van der Waals surface area contributed by atoms with Crippen LogP contribution in [-0.4, -0.2) is 20.9 Å². The molecule has 2 rings (SSSR count). The summed E-state index contributed by atoms with van der Waals surface area (Å²) in [6.07, 6.45) is 3.88. The summed E-state index contributed by atoms with van der Waals surface area (Å²) in [7, 11) is 0. The molecule has 0 aliphatic carbocycles. The molecule has 0 unspecified atom stereocenters.